The highest BCUT2D eigenvalue weighted by molar-refractivity contribution is 5.48. The van der Waals surface area contributed by atoms with Crippen molar-refractivity contribution in [2.75, 3.05) is 37.7 Å². The van der Waals surface area contributed by atoms with Crippen LogP contribution in [0.1, 0.15) is 30.2 Å². The molecule has 2 N–H and O–H groups in total. The number of rotatable bonds is 6. The molecule has 1 aliphatic rings. The Kier molecular flexibility index (Phi) is 6.02. The maximum Gasteiger partial charge on any atom is 0.123 e. The first-order chi connectivity index (χ1) is 12.1. The SMILES string of the molecule is CC(NCC(O)c1ccc(F)cc1)c1ccc(N2CCOCC2)cc1. The summed E-state index contributed by atoms with van der Waals surface area (Å²) in [6, 6.07) is 14.6. The molecule has 0 saturated carbocycles. The molecule has 3 rings (SSSR count). The Morgan fingerprint density at radius 3 is 2.28 bits per heavy atom. The average Bonchev–Trinajstić information content (AvgIpc) is 2.67. The second kappa shape index (κ2) is 8.43. The van der Waals surface area contributed by atoms with E-state index in [2.05, 4.69) is 41.4 Å². The number of hydrogen-bond acceptors (Lipinski definition) is 4. The first kappa shape index (κ1) is 17.9. The Morgan fingerprint density at radius 2 is 1.64 bits per heavy atom. The molecule has 0 radical (unpaired) electrons. The summed E-state index contributed by atoms with van der Waals surface area (Å²) < 4.78 is 18.3. The number of anilines is 1. The van der Waals surface area contributed by atoms with Crippen LogP contribution in [0.4, 0.5) is 10.1 Å². The second-order valence-corrected chi connectivity index (χ2v) is 6.39. The van der Waals surface area contributed by atoms with Crippen molar-refractivity contribution in [1.82, 2.24) is 5.32 Å². The molecule has 25 heavy (non-hydrogen) atoms. The second-order valence-electron chi connectivity index (χ2n) is 6.39. The van der Waals surface area contributed by atoms with Gasteiger partial charge in [-0.25, -0.2) is 4.39 Å². The number of benzene rings is 2. The maximum atomic E-state index is 12.9. The highest BCUT2D eigenvalue weighted by Gasteiger charge is 2.13. The smallest absolute Gasteiger partial charge is 0.123 e. The van der Waals surface area contributed by atoms with E-state index in [1.54, 1.807) is 12.1 Å². The van der Waals surface area contributed by atoms with Crippen LogP contribution in [0, 0.1) is 5.82 Å². The molecular weight excluding hydrogens is 319 g/mol. The molecule has 0 amide bonds. The first-order valence-electron chi connectivity index (χ1n) is 8.73. The summed E-state index contributed by atoms with van der Waals surface area (Å²) >= 11 is 0. The van der Waals surface area contributed by atoms with Crippen molar-refractivity contribution in [1.29, 1.82) is 0 Å². The van der Waals surface area contributed by atoms with E-state index >= 15 is 0 Å². The number of nitrogens with zero attached hydrogens (tertiary/aromatic N) is 1. The summed E-state index contributed by atoms with van der Waals surface area (Å²) in [6.07, 6.45) is -0.657. The fraction of sp³-hybridized carbons (Fsp3) is 0.400. The normalized spacial score (nSPS) is 17.3. The minimum atomic E-state index is -0.657. The van der Waals surface area contributed by atoms with Crippen LogP contribution in [0.2, 0.25) is 0 Å². The summed E-state index contributed by atoms with van der Waals surface area (Å²) in [5.74, 6) is -0.294. The molecule has 1 fully saturated rings. The van der Waals surface area contributed by atoms with Gasteiger partial charge in [0.1, 0.15) is 5.82 Å². The van der Waals surface area contributed by atoms with E-state index in [0.29, 0.717) is 12.1 Å². The zero-order chi connectivity index (χ0) is 17.6. The Bertz CT molecular complexity index is 654. The predicted molar refractivity (Wildman–Crippen MR) is 97.3 cm³/mol. The van der Waals surface area contributed by atoms with E-state index < -0.39 is 6.10 Å². The molecule has 0 bridgehead atoms. The molecule has 134 valence electrons. The van der Waals surface area contributed by atoms with Crippen LogP contribution < -0.4 is 10.2 Å². The van der Waals surface area contributed by atoms with Gasteiger partial charge < -0.3 is 20.1 Å². The van der Waals surface area contributed by atoms with Gasteiger partial charge in [0.25, 0.3) is 0 Å². The third-order valence-corrected chi connectivity index (χ3v) is 4.64. The lowest BCUT2D eigenvalue weighted by atomic mass is 10.1. The van der Waals surface area contributed by atoms with Gasteiger partial charge in [-0.15, -0.1) is 0 Å². The van der Waals surface area contributed by atoms with E-state index in [-0.39, 0.29) is 11.9 Å². The average molecular weight is 344 g/mol. The third kappa shape index (κ3) is 4.78. The molecule has 0 aliphatic carbocycles. The minimum absolute atomic E-state index is 0.119. The molecule has 1 heterocycles. The van der Waals surface area contributed by atoms with Gasteiger partial charge in [-0.3, -0.25) is 0 Å². The monoisotopic (exact) mass is 344 g/mol. The number of ether oxygens (including phenoxy) is 1. The largest absolute Gasteiger partial charge is 0.387 e. The van der Waals surface area contributed by atoms with Gasteiger partial charge in [-0.2, -0.15) is 0 Å². The number of aliphatic hydroxyl groups excluding tert-OH is 1. The van der Waals surface area contributed by atoms with Crippen molar-refractivity contribution >= 4 is 5.69 Å². The molecule has 1 saturated heterocycles. The zero-order valence-corrected chi connectivity index (χ0v) is 14.5. The standard InChI is InChI=1S/C20H25FN2O2/c1-15(22-14-20(24)17-2-6-18(21)7-3-17)16-4-8-19(9-5-16)23-10-12-25-13-11-23/h2-9,15,20,22,24H,10-14H2,1H3. The number of hydrogen-bond donors (Lipinski definition) is 2. The highest BCUT2D eigenvalue weighted by Crippen LogP contribution is 2.21. The number of halogens is 1. The number of aliphatic hydroxyl groups is 1. The summed E-state index contributed by atoms with van der Waals surface area (Å²) in [5, 5.41) is 13.6. The van der Waals surface area contributed by atoms with Gasteiger partial charge >= 0.3 is 0 Å². The summed E-state index contributed by atoms with van der Waals surface area (Å²) in [5.41, 5.74) is 3.10. The Hall–Kier alpha value is -1.95. The number of nitrogens with one attached hydrogen (secondary N) is 1. The van der Waals surface area contributed by atoms with Crippen molar-refractivity contribution in [3.63, 3.8) is 0 Å². The van der Waals surface area contributed by atoms with Crippen molar-refractivity contribution in [2.45, 2.75) is 19.1 Å². The van der Waals surface area contributed by atoms with Crippen LogP contribution in [0.3, 0.4) is 0 Å². The molecule has 5 heteroatoms. The summed E-state index contributed by atoms with van der Waals surface area (Å²) in [6.45, 7) is 5.90. The van der Waals surface area contributed by atoms with Gasteiger partial charge in [-0.05, 0) is 42.3 Å². The highest BCUT2D eigenvalue weighted by atomic mass is 19.1. The van der Waals surface area contributed by atoms with Gasteiger partial charge in [0.15, 0.2) is 0 Å². The first-order valence-corrected chi connectivity index (χ1v) is 8.73. The van der Waals surface area contributed by atoms with Crippen molar-refractivity contribution in [3.8, 4) is 0 Å². The Labute approximate surface area is 148 Å². The Morgan fingerprint density at radius 1 is 1.04 bits per heavy atom. The zero-order valence-electron chi connectivity index (χ0n) is 14.5. The molecule has 4 nitrogen and oxygen atoms in total. The molecule has 2 aromatic carbocycles. The lowest BCUT2D eigenvalue weighted by Crippen LogP contribution is -2.36. The predicted octanol–water partition coefficient (Wildman–Crippen LogP) is 3.05. The quantitative estimate of drug-likeness (QED) is 0.845. The van der Waals surface area contributed by atoms with Crippen molar-refractivity contribution in [3.05, 3.63) is 65.5 Å². The van der Waals surface area contributed by atoms with Crippen molar-refractivity contribution < 1.29 is 14.2 Å². The summed E-state index contributed by atoms with van der Waals surface area (Å²) in [4.78, 5) is 2.32. The summed E-state index contributed by atoms with van der Waals surface area (Å²) in [7, 11) is 0. The fourth-order valence-corrected chi connectivity index (χ4v) is 3.00. The molecule has 0 aromatic heterocycles. The van der Waals surface area contributed by atoms with Crippen LogP contribution in [0.15, 0.2) is 48.5 Å². The molecular formula is C20H25FN2O2. The number of morpholine rings is 1. The van der Waals surface area contributed by atoms with Gasteiger partial charge in [0.05, 0.1) is 19.3 Å². The van der Waals surface area contributed by atoms with E-state index in [1.807, 2.05) is 0 Å². The molecule has 2 atom stereocenters. The van der Waals surface area contributed by atoms with Crippen LogP contribution >= 0.6 is 0 Å². The van der Waals surface area contributed by atoms with Crippen LogP contribution in [-0.4, -0.2) is 38.0 Å². The van der Waals surface area contributed by atoms with E-state index in [0.717, 1.165) is 26.3 Å². The van der Waals surface area contributed by atoms with Crippen LogP contribution in [0.5, 0.6) is 0 Å². The lowest BCUT2D eigenvalue weighted by Gasteiger charge is -2.29. The van der Waals surface area contributed by atoms with Crippen molar-refractivity contribution in [2.24, 2.45) is 0 Å². The fourth-order valence-electron chi connectivity index (χ4n) is 3.00. The van der Waals surface area contributed by atoms with Crippen LogP contribution in [0.25, 0.3) is 0 Å². The lowest BCUT2D eigenvalue weighted by molar-refractivity contribution is 0.122. The van der Waals surface area contributed by atoms with Gasteiger partial charge in [-0.1, -0.05) is 24.3 Å². The molecule has 0 spiro atoms. The third-order valence-electron chi connectivity index (χ3n) is 4.64. The molecule has 1 aliphatic heterocycles. The van der Waals surface area contributed by atoms with Gasteiger partial charge in [0, 0.05) is 31.4 Å². The van der Waals surface area contributed by atoms with E-state index in [9.17, 15) is 9.50 Å². The molecule has 2 aromatic rings. The van der Waals surface area contributed by atoms with E-state index in [4.69, 9.17) is 4.74 Å². The van der Waals surface area contributed by atoms with E-state index in [1.165, 1.54) is 23.4 Å². The minimum Gasteiger partial charge on any atom is -0.387 e. The van der Waals surface area contributed by atoms with Gasteiger partial charge in [0.2, 0.25) is 0 Å². The van der Waals surface area contributed by atoms with Crippen LogP contribution in [-0.2, 0) is 4.74 Å². The Balaban J connectivity index is 1.53. The molecule has 2 unspecified atom stereocenters. The topological polar surface area (TPSA) is 44.7 Å². The maximum absolute atomic E-state index is 12.9.